The van der Waals surface area contributed by atoms with Crippen LogP contribution < -0.4 is 14.2 Å². The van der Waals surface area contributed by atoms with Crippen molar-refractivity contribution in [3.05, 3.63) is 54.6 Å². The lowest BCUT2D eigenvalue weighted by Crippen LogP contribution is -2.23. The Morgan fingerprint density at radius 1 is 0.958 bits per heavy atom. The summed E-state index contributed by atoms with van der Waals surface area (Å²) in [6.07, 6.45) is -4.92. The van der Waals surface area contributed by atoms with Crippen molar-refractivity contribution >= 4 is 15.7 Å². The molecule has 0 heterocycles. The Morgan fingerprint density at radius 3 is 2.25 bits per heavy atom. The summed E-state index contributed by atoms with van der Waals surface area (Å²) in [6.45, 7) is -0.151. The van der Waals surface area contributed by atoms with Crippen molar-refractivity contribution in [2.24, 2.45) is 0 Å². The van der Waals surface area contributed by atoms with Crippen LogP contribution in [0.15, 0.2) is 54.6 Å². The van der Waals surface area contributed by atoms with E-state index in [-0.39, 0.29) is 12.3 Å². The average molecular weight is 361 g/mol. The van der Waals surface area contributed by atoms with E-state index >= 15 is 0 Å². The average Bonchev–Trinajstić information content (AvgIpc) is 2.48. The number of hydrogen-bond donors (Lipinski definition) is 1. The van der Waals surface area contributed by atoms with Gasteiger partial charge in [0.25, 0.3) is 0 Å². The van der Waals surface area contributed by atoms with E-state index in [4.69, 9.17) is 4.74 Å². The van der Waals surface area contributed by atoms with E-state index in [0.29, 0.717) is 5.75 Å². The molecule has 2 rings (SSSR count). The molecule has 0 bridgehead atoms. The summed E-state index contributed by atoms with van der Waals surface area (Å²) in [5, 5.41) is 0. The number of nitrogens with one attached hydrogen (secondary N) is 1. The highest BCUT2D eigenvalue weighted by molar-refractivity contribution is 7.92. The Hall–Kier alpha value is -2.42. The fraction of sp³-hybridized carbons (Fsp3) is 0.200. The van der Waals surface area contributed by atoms with Crippen LogP contribution in [0.1, 0.15) is 0 Å². The summed E-state index contributed by atoms with van der Waals surface area (Å²) in [5.41, 5.74) is -0.297. The lowest BCUT2D eigenvalue weighted by Gasteiger charge is -2.14. The summed E-state index contributed by atoms with van der Waals surface area (Å²) in [5.74, 6) is -0.562. The van der Waals surface area contributed by atoms with Gasteiger partial charge in [0.05, 0.1) is 5.69 Å². The Bertz CT molecular complexity index is 764. The zero-order valence-corrected chi connectivity index (χ0v) is 13.1. The van der Waals surface area contributed by atoms with Crippen molar-refractivity contribution in [2.45, 2.75) is 6.36 Å². The minimum absolute atomic E-state index is 0.151. The molecule has 0 unspecified atom stereocenters. The first kappa shape index (κ1) is 17.9. The molecule has 5 nitrogen and oxygen atoms in total. The molecule has 2 aromatic rings. The molecule has 1 N–H and O–H groups in total. The third-order valence-corrected chi connectivity index (χ3v) is 3.98. The molecule has 2 aromatic carbocycles. The number of para-hydroxylation sites is 3. The van der Waals surface area contributed by atoms with E-state index in [2.05, 4.69) is 9.46 Å². The molecule has 0 radical (unpaired) electrons. The molecule has 0 amide bonds. The highest BCUT2D eigenvalue weighted by Gasteiger charge is 2.32. The van der Waals surface area contributed by atoms with E-state index in [1.807, 2.05) is 0 Å². The Morgan fingerprint density at radius 2 is 1.58 bits per heavy atom. The molecule has 0 spiro atoms. The van der Waals surface area contributed by atoms with Crippen LogP contribution >= 0.6 is 0 Å². The SMILES string of the molecule is O=S(=O)(CCOc1ccccc1)Nc1ccccc1OC(F)(F)F. The van der Waals surface area contributed by atoms with Crippen LogP contribution in [0.5, 0.6) is 11.5 Å². The second-order valence-electron chi connectivity index (χ2n) is 4.63. The zero-order valence-electron chi connectivity index (χ0n) is 12.3. The van der Waals surface area contributed by atoms with Crippen LogP contribution in [-0.4, -0.2) is 27.1 Å². The largest absolute Gasteiger partial charge is 0.573 e. The molecule has 0 aromatic heterocycles. The maximum Gasteiger partial charge on any atom is 0.573 e. The van der Waals surface area contributed by atoms with Crippen LogP contribution in [0.2, 0.25) is 0 Å². The Kier molecular flexibility index (Phi) is 5.55. The van der Waals surface area contributed by atoms with E-state index in [0.717, 1.165) is 6.07 Å². The second-order valence-corrected chi connectivity index (χ2v) is 6.47. The molecule has 0 fully saturated rings. The minimum atomic E-state index is -4.92. The first-order valence-corrected chi connectivity index (χ1v) is 8.43. The van der Waals surface area contributed by atoms with Gasteiger partial charge in [0.15, 0.2) is 5.75 Å². The van der Waals surface area contributed by atoms with Crippen LogP contribution in [0, 0.1) is 0 Å². The lowest BCUT2D eigenvalue weighted by atomic mass is 10.3. The van der Waals surface area contributed by atoms with Crippen molar-refractivity contribution in [3.63, 3.8) is 0 Å². The third-order valence-electron chi connectivity index (χ3n) is 2.74. The number of alkyl halides is 3. The standard InChI is InChI=1S/C15H14F3NO4S/c16-15(17,18)23-14-9-5-4-8-13(14)19-24(20,21)11-10-22-12-6-2-1-3-7-12/h1-9,19H,10-11H2. The predicted octanol–water partition coefficient (Wildman–Crippen LogP) is 3.41. The number of ether oxygens (including phenoxy) is 2. The van der Waals surface area contributed by atoms with Crippen LogP contribution in [-0.2, 0) is 10.0 Å². The van der Waals surface area contributed by atoms with Crippen LogP contribution in [0.4, 0.5) is 18.9 Å². The smallest absolute Gasteiger partial charge is 0.492 e. The first-order valence-electron chi connectivity index (χ1n) is 6.78. The van der Waals surface area contributed by atoms with E-state index < -0.39 is 27.9 Å². The maximum absolute atomic E-state index is 12.3. The van der Waals surface area contributed by atoms with Gasteiger partial charge in [-0.05, 0) is 24.3 Å². The molecular weight excluding hydrogens is 347 g/mol. The van der Waals surface area contributed by atoms with Gasteiger partial charge in [0.2, 0.25) is 10.0 Å². The van der Waals surface area contributed by atoms with E-state index in [1.54, 1.807) is 30.3 Å². The van der Waals surface area contributed by atoms with Gasteiger partial charge in [-0.2, -0.15) is 0 Å². The normalized spacial score (nSPS) is 11.8. The molecule has 24 heavy (non-hydrogen) atoms. The van der Waals surface area contributed by atoms with Gasteiger partial charge in [0.1, 0.15) is 18.1 Å². The highest BCUT2D eigenvalue weighted by Crippen LogP contribution is 2.30. The van der Waals surface area contributed by atoms with Gasteiger partial charge in [-0.25, -0.2) is 8.42 Å². The zero-order chi connectivity index (χ0) is 17.6. The monoisotopic (exact) mass is 361 g/mol. The van der Waals surface area contributed by atoms with Gasteiger partial charge in [0, 0.05) is 0 Å². The molecule has 0 aliphatic heterocycles. The molecule has 0 saturated carbocycles. The molecule has 130 valence electrons. The van der Waals surface area contributed by atoms with Gasteiger partial charge in [-0.1, -0.05) is 30.3 Å². The third kappa shape index (κ3) is 5.99. The number of anilines is 1. The van der Waals surface area contributed by atoms with Crippen LogP contribution in [0.25, 0.3) is 0 Å². The minimum Gasteiger partial charge on any atom is -0.492 e. The molecular formula is C15H14F3NO4S. The number of rotatable bonds is 7. The summed E-state index contributed by atoms with van der Waals surface area (Å²) in [6, 6.07) is 13.4. The fourth-order valence-corrected chi connectivity index (χ4v) is 2.68. The summed E-state index contributed by atoms with van der Waals surface area (Å²) >= 11 is 0. The summed E-state index contributed by atoms with van der Waals surface area (Å²) < 4.78 is 72.1. The molecule has 9 heteroatoms. The van der Waals surface area contributed by atoms with Gasteiger partial charge >= 0.3 is 6.36 Å². The van der Waals surface area contributed by atoms with Gasteiger partial charge in [-0.15, -0.1) is 13.2 Å². The Balaban J connectivity index is 1.99. The number of benzene rings is 2. The van der Waals surface area contributed by atoms with Crippen molar-refractivity contribution < 1.29 is 31.1 Å². The first-order chi connectivity index (χ1) is 11.3. The van der Waals surface area contributed by atoms with Crippen molar-refractivity contribution in [1.82, 2.24) is 0 Å². The number of hydrogen-bond acceptors (Lipinski definition) is 4. The molecule has 0 aliphatic carbocycles. The van der Waals surface area contributed by atoms with E-state index in [9.17, 15) is 21.6 Å². The van der Waals surface area contributed by atoms with E-state index in [1.165, 1.54) is 18.2 Å². The predicted molar refractivity (Wildman–Crippen MR) is 82.5 cm³/mol. The van der Waals surface area contributed by atoms with Crippen molar-refractivity contribution in [2.75, 3.05) is 17.1 Å². The molecule has 0 atom stereocenters. The van der Waals surface area contributed by atoms with Crippen molar-refractivity contribution in [3.8, 4) is 11.5 Å². The molecule has 0 aliphatic rings. The quantitative estimate of drug-likeness (QED) is 0.821. The maximum atomic E-state index is 12.3. The summed E-state index contributed by atoms with van der Waals surface area (Å²) in [4.78, 5) is 0. The lowest BCUT2D eigenvalue weighted by molar-refractivity contribution is -0.274. The van der Waals surface area contributed by atoms with Gasteiger partial charge in [-0.3, -0.25) is 4.72 Å². The van der Waals surface area contributed by atoms with Gasteiger partial charge < -0.3 is 9.47 Å². The van der Waals surface area contributed by atoms with Crippen LogP contribution in [0.3, 0.4) is 0 Å². The Labute approximate surface area is 137 Å². The number of sulfonamides is 1. The summed E-state index contributed by atoms with van der Waals surface area (Å²) in [7, 11) is -3.91. The fourth-order valence-electron chi connectivity index (χ4n) is 1.77. The highest BCUT2D eigenvalue weighted by atomic mass is 32.2. The number of halogens is 3. The second kappa shape index (κ2) is 7.43. The van der Waals surface area contributed by atoms with Crippen molar-refractivity contribution in [1.29, 1.82) is 0 Å². The molecule has 0 saturated heterocycles. The topological polar surface area (TPSA) is 64.6 Å².